The monoisotopic (exact) mass is 790 g/mol. The zero-order chi connectivity index (χ0) is 40.8. The van der Waals surface area contributed by atoms with E-state index in [1.165, 1.54) is 60.6 Å². The largest absolute Gasteiger partial charge is 0.455 e. The average molecular weight is 791 g/mol. The van der Waals surface area contributed by atoms with Crippen LogP contribution in [0.15, 0.2) is 235 Å². The highest BCUT2D eigenvalue weighted by molar-refractivity contribution is 6.15. The molecule has 0 atom stereocenters. The topological polar surface area (TPSA) is 21.3 Å². The number of aromatic nitrogens is 1. The highest BCUT2D eigenvalue weighted by Crippen LogP contribution is 2.59. The van der Waals surface area contributed by atoms with Crippen LogP contribution in [0.5, 0.6) is 0 Å². The van der Waals surface area contributed by atoms with E-state index in [0.717, 1.165) is 50.1 Å². The lowest BCUT2D eigenvalue weighted by molar-refractivity contribution is 0.672. The summed E-state index contributed by atoms with van der Waals surface area (Å²) < 4.78 is 9.23. The first-order valence-electron chi connectivity index (χ1n) is 21.3. The van der Waals surface area contributed by atoms with Crippen LogP contribution in [0.4, 0.5) is 17.1 Å². The Balaban J connectivity index is 1.07. The minimum Gasteiger partial charge on any atom is -0.455 e. The lowest BCUT2D eigenvalue weighted by Crippen LogP contribution is -2.28. The summed E-state index contributed by atoms with van der Waals surface area (Å²) in [5.41, 5.74) is 15.4. The van der Waals surface area contributed by atoms with E-state index < -0.39 is 5.41 Å². The van der Waals surface area contributed by atoms with Crippen LogP contribution in [0, 0.1) is 0 Å². The van der Waals surface area contributed by atoms with Crippen molar-refractivity contribution in [2.24, 2.45) is 0 Å². The van der Waals surface area contributed by atoms with E-state index in [0.29, 0.717) is 0 Å². The maximum absolute atomic E-state index is 6.85. The van der Waals surface area contributed by atoms with Crippen LogP contribution >= 0.6 is 0 Å². The number of benzene rings is 10. The molecule has 2 aromatic heterocycles. The number of para-hydroxylation sites is 2. The molecule has 0 radical (unpaired) electrons. The van der Waals surface area contributed by atoms with Crippen molar-refractivity contribution in [2.45, 2.75) is 5.41 Å². The second-order valence-corrected chi connectivity index (χ2v) is 16.4. The van der Waals surface area contributed by atoms with E-state index in [9.17, 15) is 0 Å². The molecule has 0 unspecified atom stereocenters. The van der Waals surface area contributed by atoms with Crippen molar-refractivity contribution < 1.29 is 4.42 Å². The SMILES string of the molecule is c1ccc(C2(c3ccccc3)c3ccccc3-c3c(N(c4ccc(-n5c6ccccc6c6ccccc65)cc4)c4ccc5c(c4)oc4c6ccccc6ccc54)cccc32)cc1. The molecule has 3 nitrogen and oxygen atoms in total. The van der Waals surface area contributed by atoms with Gasteiger partial charge in [-0.15, -0.1) is 0 Å². The van der Waals surface area contributed by atoms with Crippen molar-refractivity contribution >= 4 is 71.6 Å². The molecule has 0 fully saturated rings. The van der Waals surface area contributed by atoms with Crippen molar-refractivity contribution in [3.05, 3.63) is 253 Å². The van der Waals surface area contributed by atoms with Gasteiger partial charge >= 0.3 is 0 Å². The van der Waals surface area contributed by atoms with Gasteiger partial charge in [0, 0.05) is 55.6 Å². The molecule has 1 aliphatic rings. The number of nitrogens with zero attached hydrogens (tertiary/aromatic N) is 2. The summed E-state index contributed by atoms with van der Waals surface area (Å²) in [6.45, 7) is 0. The number of furan rings is 1. The predicted molar refractivity (Wildman–Crippen MR) is 258 cm³/mol. The first-order chi connectivity index (χ1) is 30.8. The van der Waals surface area contributed by atoms with Crippen molar-refractivity contribution in [3.63, 3.8) is 0 Å². The molecule has 0 saturated carbocycles. The molecule has 3 heteroatoms. The van der Waals surface area contributed by atoms with Crippen LogP contribution in [0.3, 0.4) is 0 Å². The van der Waals surface area contributed by atoms with Crippen LogP contribution in [-0.4, -0.2) is 4.57 Å². The van der Waals surface area contributed by atoms with Gasteiger partial charge in [0.15, 0.2) is 0 Å². The quantitative estimate of drug-likeness (QED) is 0.167. The molecule has 290 valence electrons. The fourth-order valence-corrected chi connectivity index (χ4v) is 10.7. The molecule has 0 aliphatic heterocycles. The van der Waals surface area contributed by atoms with Crippen LogP contribution in [-0.2, 0) is 5.41 Å². The Morgan fingerprint density at radius 1 is 0.403 bits per heavy atom. The second-order valence-electron chi connectivity index (χ2n) is 16.4. The van der Waals surface area contributed by atoms with E-state index in [1.54, 1.807) is 0 Å². The third-order valence-electron chi connectivity index (χ3n) is 13.3. The van der Waals surface area contributed by atoms with Gasteiger partial charge in [0.2, 0.25) is 0 Å². The normalized spacial score (nSPS) is 13.0. The van der Waals surface area contributed by atoms with E-state index in [2.05, 4.69) is 240 Å². The van der Waals surface area contributed by atoms with Crippen LogP contribution < -0.4 is 4.90 Å². The molecule has 0 amide bonds. The Morgan fingerprint density at radius 3 is 1.71 bits per heavy atom. The van der Waals surface area contributed by atoms with Gasteiger partial charge in [-0.05, 0) is 93.9 Å². The van der Waals surface area contributed by atoms with E-state index in [1.807, 2.05) is 0 Å². The molecule has 2 heterocycles. The molecule has 62 heavy (non-hydrogen) atoms. The summed E-state index contributed by atoms with van der Waals surface area (Å²) in [6, 6.07) is 84.0. The van der Waals surface area contributed by atoms with Crippen molar-refractivity contribution in [3.8, 4) is 16.8 Å². The molecule has 13 rings (SSSR count). The molecular formula is C59H38N2O. The predicted octanol–water partition coefficient (Wildman–Crippen LogP) is 15.7. The molecule has 10 aromatic carbocycles. The molecule has 0 N–H and O–H groups in total. The summed E-state index contributed by atoms with van der Waals surface area (Å²) in [5, 5.41) is 7.02. The Hall–Kier alpha value is -8.14. The highest BCUT2D eigenvalue weighted by Gasteiger charge is 2.47. The standard InChI is InChI=1S/C59H38N2O/c1-3-17-40(18-4-1)59(41-19-5-2-6-20-41)51-25-12-9-24-50(51)57-52(59)26-15-29-55(57)60(44-35-37-48-49-36-30-39-16-7-8-21-45(39)58(49)62-56(48)38-44)42-31-33-43(34-32-42)61-53-27-13-10-22-46(53)47-23-11-14-28-54(47)61/h1-38H. The van der Waals surface area contributed by atoms with Crippen molar-refractivity contribution in [2.75, 3.05) is 4.90 Å². The maximum Gasteiger partial charge on any atom is 0.143 e. The Kier molecular flexibility index (Phi) is 7.52. The van der Waals surface area contributed by atoms with Gasteiger partial charge in [0.25, 0.3) is 0 Å². The number of fused-ring (bicyclic) bond motifs is 11. The molecule has 0 spiro atoms. The summed E-state index contributed by atoms with van der Waals surface area (Å²) in [4.78, 5) is 2.43. The van der Waals surface area contributed by atoms with Crippen LogP contribution in [0.1, 0.15) is 22.3 Å². The third-order valence-corrected chi connectivity index (χ3v) is 13.3. The molecule has 0 bridgehead atoms. The highest BCUT2D eigenvalue weighted by atomic mass is 16.3. The fraction of sp³-hybridized carbons (Fsp3) is 0.0169. The van der Waals surface area contributed by atoms with Gasteiger partial charge in [-0.3, -0.25) is 0 Å². The van der Waals surface area contributed by atoms with E-state index in [-0.39, 0.29) is 0 Å². The zero-order valence-electron chi connectivity index (χ0n) is 33.7. The molecular weight excluding hydrogens is 753 g/mol. The molecule has 1 aliphatic carbocycles. The third kappa shape index (κ3) is 4.88. The smallest absolute Gasteiger partial charge is 0.143 e. The maximum atomic E-state index is 6.85. The van der Waals surface area contributed by atoms with Crippen molar-refractivity contribution in [1.29, 1.82) is 0 Å². The summed E-state index contributed by atoms with van der Waals surface area (Å²) >= 11 is 0. The minimum absolute atomic E-state index is 0.528. The van der Waals surface area contributed by atoms with Gasteiger partial charge in [-0.2, -0.15) is 0 Å². The van der Waals surface area contributed by atoms with Gasteiger partial charge < -0.3 is 13.9 Å². The second kappa shape index (κ2) is 13.4. The van der Waals surface area contributed by atoms with Gasteiger partial charge in [0.1, 0.15) is 11.2 Å². The lowest BCUT2D eigenvalue weighted by Gasteiger charge is -2.34. The average Bonchev–Trinajstić information content (AvgIpc) is 3.99. The zero-order valence-corrected chi connectivity index (χ0v) is 33.7. The van der Waals surface area contributed by atoms with Gasteiger partial charge in [-0.25, -0.2) is 0 Å². The summed E-state index contributed by atoms with van der Waals surface area (Å²) in [5.74, 6) is 0. The Bertz CT molecular complexity index is 3600. The van der Waals surface area contributed by atoms with Crippen molar-refractivity contribution in [1.82, 2.24) is 4.57 Å². The van der Waals surface area contributed by atoms with Crippen LogP contribution in [0.25, 0.3) is 71.3 Å². The molecule has 12 aromatic rings. The first kappa shape index (κ1) is 34.7. The lowest BCUT2D eigenvalue weighted by atomic mass is 9.68. The summed E-state index contributed by atoms with van der Waals surface area (Å²) in [6.07, 6.45) is 0. The van der Waals surface area contributed by atoms with Gasteiger partial charge in [-0.1, -0.05) is 164 Å². The van der Waals surface area contributed by atoms with Gasteiger partial charge in [0.05, 0.1) is 22.1 Å². The summed E-state index contributed by atoms with van der Waals surface area (Å²) in [7, 11) is 0. The molecule has 0 saturated heterocycles. The number of hydrogen-bond acceptors (Lipinski definition) is 2. The van der Waals surface area contributed by atoms with E-state index >= 15 is 0 Å². The number of rotatable bonds is 6. The number of anilines is 3. The Labute approximate surface area is 359 Å². The first-order valence-corrected chi connectivity index (χ1v) is 21.3. The van der Waals surface area contributed by atoms with Crippen LogP contribution in [0.2, 0.25) is 0 Å². The Morgan fingerprint density at radius 2 is 0.984 bits per heavy atom. The minimum atomic E-state index is -0.528. The number of hydrogen-bond donors (Lipinski definition) is 0. The van der Waals surface area contributed by atoms with E-state index in [4.69, 9.17) is 4.42 Å². The fourth-order valence-electron chi connectivity index (χ4n) is 10.7.